The molecule has 3 nitrogen and oxygen atoms in total. The Kier molecular flexibility index (Phi) is 6.86. The number of hydrogen-bond acceptors (Lipinski definition) is 3. The molecule has 4 heteroatoms. The van der Waals surface area contributed by atoms with E-state index in [0.717, 1.165) is 42.0 Å². The van der Waals surface area contributed by atoms with Gasteiger partial charge in [0.2, 0.25) is 0 Å². The lowest BCUT2D eigenvalue weighted by atomic mass is 9.87. The van der Waals surface area contributed by atoms with Crippen LogP contribution in [0.25, 0.3) is 11.1 Å². The predicted octanol–water partition coefficient (Wildman–Crippen LogP) is 7.81. The largest absolute Gasteiger partial charge is 0.489 e. The summed E-state index contributed by atoms with van der Waals surface area (Å²) in [4.78, 5) is 6.53. The zero-order valence-corrected chi connectivity index (χ0v) is 21.1. The van der Waals surface area contributed by atoms with Gasteiger partial charge in [0, 0.05) is 24.6 Å². The predicted molar refractivity (Wildman–Crippen MR) is 151 cm³/mol. The molecule has 188 valence electrons. The van der Waals surface area contributed by atoms with E-state index in [9.17, 15) is 4.39 Å². The van der Waals surface area contributed by atoms with Crippen molar-refractivity contribution in [1.82, 2.24) is 4.98 Å². The van der Waals surface area contributed by atoms with Crippen LogP contribution < -0.4 is 9.64 Å². The molecule has 0 N–H and O–H groups in total. The molecule has 0 saturated heterocycles. The Balaban J connectivity index is 1.28. The van der Waals surface area contributed by atoms with E-state index in [1.807, 2.05) is 54.9 Å². The number of nitrogens with zero attached hydrogens (tertiary/aromatic N) is 2. The van der Waals surface area contributed by atoms with Gasteiger partial charge in [0.1, 0.15) is 18.2 Å². The summed E-state index contributed by atoms with van der Waals surface area (Å²) in [5.74, 6) is 0.679. The van der Waals surface area contributed by atoms with Crippen LogP contribution >= 0.6 is 0 Å². The average molecular weight is 501 g/mol. The first-order chi connectivity index (χ1) is 18.7. The highest BCUT2D eigenvalue weighted by atomic mass is 19.1. The van der Waals surface area contributed by atoms with Crippen LogP contribution in [0, 0.1) is 5.82 Å². The van der Waals surface area contributed by atoms with E-state index >= 15 is 0 Å². The van der Waals surface area contributed by atoms with Gasteiger partial charge in [0.05, 0.1) is 6.04 Å². The molecule has 0 radical (unpaired) electrons. The van der Waals surface area contributed by atoms with E-state index in [-0.39, 0.29) is 11.9 Å². The van der Waals surface area contributed by atoms with Crippen molar-refractivity contribution in [2.75, 3.05) is 11.4 Å². The molecule has 0 saturated carbocycles. The summed E-state index contributed by atoms with van der Waals surface area (Å²) in [7, 11) is 0. The van der Waals surface area contributed by atoms with Gasteiger partial charge in [-0.3, -0.25) is 4.98 Å². The minimum atomic E-state index is -0.213. The normalized spacial score (nSPS) is 14.7. The molecule has 0 bridgehead atoms. The molecule has 0 spiro atoms. The Morgan fingerprint density at radius 2 is 1.50 bits per heavy atom. The van der Waals surface area contributed by atoms with Gasteiger partial charge in [-0.1, -0.05) is 60.7 Å². The number of aromatic nitrogens is 1. The molecule has 0 amide bonds. The number of pyridine rings is 1. The minimum absolute atomic E-state index is 0.138. The fraction of sp³-hybridized carbons (Fsp3) is 0.147. The van der Waals surface area contributed by atoms with Gasteiger partial charge >= 0.3 is 0 Å². The van der Waals surface area contributed by atoms with Crippen molar-refractivity contribution >= 4 is 5.69 Å². The first-order valence-corrected chi connectivity index (χ1v) is 13.0. The Hall–Kier alpha value is -4.44. The van der Waals surface area contributed by atoms with Crippen LogP contribution in [-0.2, 0) is 19.4 Å². The molecule has 1 atom stereocenters. The summed E-state index contributed by atoms with van der Waals surface area (Å²) in [5.41, 5.74) is 8.40. The second-order valence-electron chi connectivity index (χ2n) is 9.71. The van der Waals surface area contributed by atoms with E-state index in [0.29, 0.717) is 6.61 Å². The third-order valence-corrected chi connectivity index (χ3v) is 7.27. The quantitative estimate of drug-likeness (QED) is 0.228. The zero-order valence-electron chi connectivity index (χ0n) is 21.1. The standard InChI is InChI=1S/C34H29FN2O/c35-30-10-12-31(13-11-30)37-21-18-29-23-32(38-24-26-4-2-1-3-5-26)14-15-33(29)34(37)22-25-6-8-27(9-7-25)28-16-19-36-20-17-28/h1-17,19-20,23,34H,18,21-22,24H2. The van der Waals surface area contributed by atoms with Crippen LogP contribution in [0.5, 0.6) is 5.75 Å². The number of hydrogen-bond donors (Lipinski definition) is 0. The molecule has 1 aliphatic heterocycles. The maximum Gasteiger partial charge on any atom is 0.123 e. The van der Waals surface area contributed by atoms with E-state index in [1.165, 1.54) is 22.3 Å². The summed E-state index contributed by atoms with van der Waals surface area (Å²) < 4.78 is 19.8. The van der Waals surface area contributed by atoms with Gasteiger partial charge in [-0.2, -0.15) is 0 Å². The van der Waals surface area contributed by atoms with Crippen LogP contribution in [0.1, 0.15) is 28.3 Å². The van der Waals surface area contributed by atoms with E-state index < -0.39 is 0 Å². The lowest BCUT2D eigenvalue weighted by molar-refractivity contribution is 0.305. The molecular formula is C34H29FN2O. The molecule has 0 fully saturated rings. The number of anilines is 1. The van der Waals surface area contributed by atoms with Gasteiger partial charge in [-0.05, 0) is 94.8 Å². The molecule has 2 heterocycles. The molecule has 38 heavy (non-hydrogen) atoms. The van der Waals surface area contributed by atoms with Crippen LogP contribution in [0.15, 0.2) is 122 Å². The number of rotatable bonds is 7. The average Bonchev–Trinajstić information content (AvgIpc) is 2.98. The fourth-order valence-electron chi connectivity index (χ4n) is 5.28. The Bertz CT molecular complexity index is 1490. The molecule has 1 aliphatic rings. The summed E-state index contributed by atoms with van der Waals surface area (Å²) in [6.45, 7) is 1.41. The molecule has 1 aromatic heterocycles. The third kappa shape index (κ3) is 5.30. The second kappa shape index (κ2) is 10.9. The lowest BCUT2D eigenvalue weighted by Crippen LogP contribution is -2.36. The molecule has 4 aromatic carbocycles. The highest BCUT2D eigenvalue weighted by molar-refractivity contribution is 5.63. The number of benzene rings is 4. The molecule has 1 unspecified atom stereocenters. The van der Waals surface area contributed by atoms with E-state index in [1.54, 1.807) is 12.1 Å². The van der Waals surface area contributed by atoms with Crippen molar-refractivity contribution < 1.29 is 9.13 Å². The smallest absolute Gasteiger partial charge is 0.123 e. The van der Waals surface area contributed by atoms with Crippen molar-refractivity contribution in [3.63, 3.8) is 0 Å². The van der Waals surface area contributed by atoms with Crippen molar-refractivity contribution in [3.8, 4) is 16.9 Å². The van der Waals surface area contributed by atoms with E-state index in [4.69, 9.17) is 4.74 Å². The van der Waals surface area contributed by atoms with Crippen molar-refractivity contribution in [3.05, 3.63) is 150 Å². The summed E-state index contributed by atoms with van der Waals surface area (Å²) in [6.07, 6.45) is 5.40. The molecule has 6 rings (SSSR count). The molecule has 0 aliphatic carbocycles. The Morgan fingerprint density at radius 1 is 0.763 bits per heavy atom. The highest BCUT2D eigenvalue weighted by Gasteiger charge is 2.28. The molecular weight excluding hydrogens is 471 g/mol. The fourth-order valence-corrected chi connectivity index (χ4v) is 5.28. The highest BCUT2D eigenvalue weighted by Crippen LogP contribution is 2.38. The molecule has 5 aromatic rings. The van der Waals surface area contributed by atoms with Crippen LogP contribution in [0.3, 0.4) is 0 Å². The number of fused-ring (bicyclic) bond motifs is 1. The first-order valence-electron chi connectivity index (χ1n) is 13.0. The van der Waals surface area contributed by atoms with Gasteiger partial charge < -0.3 is 9.64 Å². The number of halogens is 1. The van der Waals surface area contributed by atoms with Crippen LogP contribution in [0.4, 0.5) is 10.1 Å². The van der Waals surface area contributed by atoms with Crippen LogP contribution in [-0.4, -0.2) is 11.5 Å². The van der Waals surface area contributed by atoms with Crippen molar-refractivity contribution in [1.29, 1.82) is 0 Å². The first kappa shape index (κ1) is 23.9. The maximum atomic E-state index is 13.7. The zero-order chi connectivity index (χ0) is 25.7. The SMILES string of the molecule is Fc1ccc(N2CCc3cc(OCc4ccccc4)ccc3C2Cc2ccc(-c3ccncc3)cc2)cc1. The van der Waals surface area contributed by atoms with Crippen molar-refractivity contribution in [2.45, 2.75) is 25.5 Å². The monoisotopic (exact) mass is 500 g/mol. The minimum Gasteiger partial charge on any atom is -0.489 e. The van der Waals surface area contributed by atoms with Gasteiger partial charge in [0.15, 0.2) is 0 Å². The van der Waals surface area contributed by atoms with Gasteiger partial charge in [0.25, 0.3) is 0 Å². The van der Waals surface area contributed by atoms with Gasteiger partial charge in [-0.15, -0.1) is 0 Å². The number of ether oxygens (including phenoxy) is 1. The van der Waals surface area contributed by atoms with E-state index in [2.05, 4.69) is 64.5 Å². The lowest BCUT2D eigenvalue weighted by Gasteiger charge is -2.39. The third-order valence-electron chi connectivity index (χ3n) is 7.27. The van der Waals surface area contributed by atoms with Crippen LogP contribution in [0.2, 0.25) is 0 Å². The Labute approximate surface area is 223 Å². The Morgan fingerprint density at radius 3 is 2.26 bits per heavy atom. The summed E-state index contributed by atoms with van der Waals surface area (Å²) in [6, 6.07) is 36.6. The van der Waals surface area contributed by atoms with Crippen molar-refractivity contribution in [2.24, 2.45) is 0 Å². The topological polar surface area (TPSA) is 25.4 Å². The van der Waals surface area contributed by atoms with Gasteiger partial charge in [-0.25, -0.2) is 4.39 Å². The second-order valence-corrected chi connectivity index (χ2v) is 9.71. The summed E-state index contributed by atoms with van der Waals surface area (Å²) in [5, 5.41) is 0. The maximum absolute atomic E-state index is 13.7. The summed E-state index contributed by atoms with van der Waals surface area (Å²) >= 11 is 0.